The van der Waals surface area contributed by atoms with E-state index in [4.69, 9.17) is 14.2 Å². The summed E-state index contributed by atoms with van der Waals surface area (Å²) in [4.78, 5) is 36.1. The Morgan fingerprint density at radius 3 is 2.19 bits per heavy atom. The van der Waals surface area contributed by atoms with Crippen LogP contribution in [0.25, 0.3) is 6.08 Å². The molecule has 0 aromatic heterocycles. The van der Waals surface area contributed by atoms with E-state index in [9.17, 15) is 14.4 Å². The molecule has 1 aliphatic carbocycles. The van der Waals surface area contributed by atoms with Crippen LogP contribution >= 0.6 is 0 Å². The fraction of sp³-hybridized carbons (Fsp3) is 0.450. The van der Waals surface area contributed by atoms with E-state index in [0.29, 0.717) is 11.3 Å². The second-order valence-electron chi connectivity index (χ2n) is 7.06. The molecular weight excluding hydrogens is 336 g/mol. The zero-order valence-electron chi connectivity index (χ0n) is 14.9. The zero-order chi connectivity index (χ0) is 18.7. The van der Waals surface area contributed by atoms with E-state index in [2.05, 4.69) is 0 Å². The Labute approximate surface area is 152 Å². The van der Waals surface area contributed by atoms with Crippen molar-refractivity contribution in [1.82, 2.24) is 0 Å². The highest BCUT2D eigenvalue weighted by atomic mass is 16.7. The number of esters is 3. The molecule has 2 aliphatic rings. The molecule has 6 heteroatoms. The zero-order valence-corrected chi connectivity index (χ0v) is 14.9. The van der Waals surface area contributed by atoms with Crippen LogP contribution < -0.4 is 4.74 Å². The molecule has 3 rings (SSSR count). The summed E-state index contributed by atoms with van der Waals surface area (Å²) in [6, 6.07) is 6.60. The maximum absolute atomic E-state index is 12.2. The summed E-state index contributed by atoms with van der Waals surface area (Å²) in [6.07, 6.45) is 6.46. The maximum Gasteiger partial charge on any atom is 0.348 e. The van der Waals surface area contributed by atoms with Gasteiger partial charge < -0.3 is 14.2 Å². The van der Waals surface area contributed by atoms with Crippen molar-refractivity contribution in [2.24, 2.45) is 5.92 Å². The van der Waals surface area contributed by atoms with Crippen LogP contribution in [-0.4, -0.2) is 23.7 Å². The van der Waals surface area contributed by atoms with E-state index < -0.39 is 17.7 Å². The Bertz CT molecular complexity index is 716. The largest absolute Gasteiger partial charge is 0.426 e. The van der Waals surface area contributed by atoms with Crippen molar-refractivity contribution < 1.29 is 28.6 Å². The number of carbonyl (C=O) groups excluding carboxylic acids is 3. The highest BCUT2D eigenvalue weighted by Crippen LogP contribution is 2.27. The van der Waals surface area contributed by atoms with Gasteiger partial charge in [-0.05, 0) is 36.6 Å². The van der Waals surface area contributed by atoms with Crippen molar-refractivity contribution in [2.45, 2.75) is 51.7 Å². The molecule has 0 radical (unpaired) electrons. The smallest absolute Gasteiger partial charge is 0.348 e. The average molecular weight is 358 g/mol. The van der Waals surface area contributed by atoms with Gasteiger partial charge in [-0.25, -0.2) is 9.59 Å². The van der Waals surface area contributed by atoms with E-state index in [-0.39, 0.29) is 17.5 Å². The van der Waals surface area contributed by atoms with Gasteiger partial charge in [0, 0.05) is 13.8 Å². The van der Waals surface area contributed by atoms with Gasteiger partial charge in [0.2, 0.25) is 0 Å². The monoisotopic (exact) mass is 358 g/mol. The van der Waals surface area contributed by atoms with Crippen molar-refractivity contribution in [3.63, 3.8) is 0 Å². The molecule has 0 unspecified atom stereocenters. The molecule has 1 aliphatic heterocycles. The third-order valence-corrected chi connectivity index (χ3v) is 4.46. The summed E-state index contributed by atoms with van der Waals surface area (Å²) in [5.41, 5.74) is 0.433. The average Bonchev–Trinajstić information content (AvgIpc) is 2.59. The van der Waals surface area contributed by atoms with Crippen molar-refractivity contribution in [1.29, 1.82) is 0 Å². The molecule has 6 nitrogen and oxygen atoms in total. The van der Waals surface area contributed by atoms with Crippen molar-refractivity contribution >= 4 is 24.0 Å². The molecule has 0 amide bonds. The van der Waals surface area contributed by atoms with Gasteiger partial charge in [0.05, 0.1) is 5.92 Å². The quantitative estimate of drug-likeness (QED) is 0.357. The summed E-state index contributed by atoms with van der Waals surface area (Å²) in [5, 5.41) is 0. The summed E-state index contributed by atoms with van der Waals surface area (Å²) in [5.74, 6) is -2.49. The Morgan fingerprint density at radius 1 is 1.04 bits per heavy atom. The third kappa shape index (κ3) is 4.31. The van der Waals surface area contributed by atoms with Gasteiger partial charge in [0.25, 0.3) is 5.79 Å². The van der Waals surface area contributed by atoms with Crippen molar-refractivity contribution in [3.8, 4) is 5.75 Å². The number of benzene rings is 1. The molecule has 1 saturated heterocycles. The number of hydrogen-bond acceptors (Lipinski definition) is 6. The third-order valence-electron chi connectivity index (χ3n) is 4.46. The van der Waals surface area contributed by atoms with Crippen LogP contribution in [0.1, 0.15) is 51.5 Å². The fourth-order valence-electron chi connectivity index (χ4n) is 3.11. The molecule has 0 spiro atoms. The molecule has 0 bridgehead atoms. The van der Waals surface area contributed by atoms with Gasteiger partial charge in [-0.2, -0.15) is 0 Å². The SMILES string of the molecule is CC1(C)OC(=O)C(=Cc2ccc(OC(=O)C3CCCCC3)cc2)C(=O)O1. The first-order valence-electron chi connectivity index (χ1n) is 8.84. The highest BCUT2D eigenvalue weighted by molar-refractivity contribution is 6.18. The predicted octanol–water partition coefficient (Wildman–Crippen LogP) is 3.39. The lowest BCUT2D eigenvalue weighted by Gasteiger charge is -2.29. The number of carbonyl (C=O) groups is 3. The van der Waals surface area contributed by atoms with Crippen LogP contribution in [-0.2, 0) is 23.9 Å². The minimum Gasteiger partial charge on any atom is -0.426 e. The lowest BCUT2D eigenvalue weighted by molar-refractivity contribution is -0.222. The van der Waals surface area contributed by atoms with Gasteiger partial charge in [0.1, 0.15) is 11.3 Å². The minimum atomic E-state index is -1.26. The van der Waals surface area contributed by atoms with Crippen LogP contribution in [0.15, 0.2) is 29.8 Å². The van der Waals surface area contributed by atoms with E-state index in [1.54, 1.807) is 24.3 Å². The molecule has 2 fully saturated rings. The van der Waals surface area contributed by atoms with Crippen LogP contribution in [0.2, 0.25) is 0 Å². The van der Waals surface area contributed by atoms with Crippen LogP contribution in [0.4, 0.5) is 0 Å². The molecule has 1 aromatic rings. The van der Waals surface area contributed by atoms with Crippen molar-refractivity contribution in [3.05, 3.63) is 35.4 Å². The van der Waals surface area contributed by atoms with Gasteiger partial charge in [-0.1, -0.05) is 31.4 Å². The Hall–Kier alpha value is -2.63. The minimum absolute atomic E-state index is 0.0271. The fourth-order valence-corrected chi connectivity index (χ4v) is 3.11. The predicted molar refractivity (Wildman–Crippen MR) is 92.9 cm³/mol. The summed E-state index contributed by atoms with van der Waals surface area (Å²) in [7, 11) is 0. The van der Waals surface area contributed by atoms with E-state index in [1.807, 2.05) is 0 Å². The molecule has 0 N–H and O–H groups in total. The molecule has 1 saturated carbocycles. The van der Waals surface area contributed by atoms with Gasteiger partial charge in [-0.3, -0.25) is 4.79 Å². The molecule has 0 atom stereocenters. The van der Waals surface area contributed by atoms with Gasteiger partial charge in [0.15, 0.2) is 0 Å². The number of hydrogen-bond donors (Lipinski definition) is 0. The topological polar surface area (TPSA) is 78.9 Å². The second kappa shape index (κ2) is 7.32. The Balaban J connectivity index is 1.67. The molecule has 138 valence electrons. The van der Waals surface area contributed by atoms with Crippen LogP contribution in [0, 0.1) is 5.92 Å². The van der Waals surface area contributed by atoms with E-state index in [0.717, 1.165) is 25.7 Å². The standard InChI is InChI=1S/C20H22O6/c1-20(2)25-18(22)16(19(23)26-20)12-13-8-10-15(11-9-13)24-17(21)14-6-4-3-5-7-14/h8-12,14H,3-7H2,1-2H3. The number of cyclic esters (lactones) is 2. The first-order chi connectivity index (χ1) is 12.3. The normalized spacial score (nSPS) is 20.2. The van der Waals surface area contributed by atoms with E-state index in [1.165, 1.54) is 26.3 Å². The number of rotatable bonds is 3. The Morgan fingerprint density at radius 2 is 1.62 bits per heavy atom. The Kier molecular flexibility index (Phi) is 5.11. The van der Waals surface area contributed by atoms with Crippen LogP contribution in [0.3, 0.4) is 0 Å². The maximum atomic E-state index is 12.2. The first-order valence-corrected chi connectivity index (χ1v) is 8.84. The van der Waals surface area contributed by atoms with Gasteiger partial charge >= 0.3 is 17.9 Å². The summed E-state index contributed by atoms with van der Waals surface area (Å²) in [6.45, 7) is 2.99. The lowest BCUT2D eigenvalue weighted by Crippen LogP contribution is -2.41. The summed E-state index contributed by atoms with van der Waals surface area (Å²) < 4.78 is 15.5. The second-order valence-corrected chi connectivity index (χ2v) is 7.06. The number of ether oxygens (including phenoxy) is 3. The van der Waals surface area contributed by atoms with Crippen LogP contribution in [0.5, 0.6) is 5.75 Å². The molecule has 1 aromatic carbocycles. The lowest BCUT2D eigenvalue weighted by atomic mass is 9.89. The van der Waals surface area contributed by atoms with Gasteiger partial charge in [-0.15, -0.1) is 0 Å². The molecular formula is C20H22O6. The first kappa shape index (κ1) is 18.2. The van der Waals surface area contributed by atoms with E-state index >= 15 is 0 Å². The van der Waals surface area contributed by atoms with Crippen molar-refractivity contribution in [2.75, 3.05) is 0 Å². The highest BCUT2D eigenvalue weighted by Gasteiger charge is 2.38. The summed E-state index contributed by atoms with van der Waals surface area (Å²) >= 11 is 0. The molecule has 1 heterocycles. The molecule has 26 heavy (non-hydrogen) atoms.